The van der Waals surface area contributed by atoms with Crippen LogP contribution in [0.2, 0.25) is 0 Å². The van der Waals surface area contributed by atoms with Gasteiger partial charge in [0.05, 0.1) is 11.7 Å². The topological polar surface area (TPSA) is 91.3 Å². The summed E-state index contributed by atoms with van der Waals surface area (Å²) >= 11 is 0. The number of pyridine rings is 1. The van der Waals surface area contributed by atoms with E-state index in [1.807, 2.05) is 6.07 Å². The second kappa shape index (κ2) is 5.48. The Balaban J connectivity index is 2.58. The minimum atomic E-state index is -1.31. The summed E-state index contributed by atoms with van der Waals surface area (Å²) in [6, 6.07) is 4.55. The van der Waals surface area contributed by atoms with Crippen LogP contribution in [0, 0.1) is 0 Å². The fourth-order valence-corrected chi connectivity index (χ4v) is 1.28. The predicted octanol–water partition coefficient (Wildman–Crippen LogP) is 1.30. The summed E-state index contributed by atoms with van der Waals surface area (Å²) in [6.07, 6.45) is 1.63. The summed E-state index contributed by atoms with van der Waals surface area (Å²) < 4.78 is 0. The minimum Gasteiger partial charge on any atom is -0.480 e. The highest BCUT2D eigenvalue weighted by atomic mass is 16.4. The third kappa shape index (κ3) is 3.73. The molecule has 98 valence electrons. The monoisotopic (exact) mass is 251 g/mol. The van der Waals surface area contributed by atoms with Crippen LogP contribution < -0.4 is 10.6 Å². The van der Waals surface area contributed by atoms with Gasteiger partial charge in [-0.05, 0) is 32.9 Å². The SMILES string of the molecule is CC(NC(=O)NC(C)(C)C(=O)O)c1ccccn1. The smallest absolute Gasteiger partial charge is 0.328 e. The van der Waals surface area contributed by atoms with Crippen LogP contribution in [0.25, 0.3) is 0 Å². The zero-order valence-electron chi connectivity index (χ0n) is 10.6. The van der Waals surface area contributed by atoms with Crippen molar-refractivity contribution in [2.75, 3.05) is 0 Å². The quantitative estimate of drug-likeness (QED) is 0.752. The van der Waals surface area contributed by atoms with Crippen LogP contribution in [-0.2, 0) is 4.79 Å². The first-order valence-electron chi connectivity index (χ1n) is 5.56. The van der Waals surface area contributed by atoms with Crippen molar-refractivity contribution in [3.8, 4) is 0 Å². The molecule has 0 saturated heterocycles. The lowest BCUT2D eigenvalue weighted by Gasteiger charge is -2.22. The van der Waals surface area contributed by atoms with Crippen molar-refractivity contribution < 1.29 is 14.7 Å². The van der Waals surface area contributed by atoms with Gasteiger partial charge >= 0.3 is 12.0 Å². The number of nitrogens with zero attached hydrogens (tertiary/aromatic N) is 1. The highest BCUT2D eigenvalue weighted by Gasteiger charge is 2.29. The molecular weight excluding hydrogens is 234 g/mol. The van der Waals surface area contributed by atoms with E-state index in [4.69, 9.17) is 5.11 Å². The number of hydrogen-bond donors (Lipinski definition) is 3. The Bertz CT molecular complexity index is 431. The van der Waals surface area contributed by atoms with Gasteiger partial charge in [-0.1, -0.05) is 6.07 Å². The van der Waals surface area contributed by atoms with Gasteiger partial charge in [-0.15, -0.1) is 0 Å². The van der Waals surface area contributed by atoms with Crippen LogP contribution in [0.5, 0.6) is 0 Å². The van der Waals surface area contributed by atoms with Gasteiger partial charge < -0.3 is 15.7 Å². The zero-order chi connectivity index (χ0) is 13.8. The molecule has 0 bridgehead atoms. The lowest BCUT2D eigenvalue weighted by atomic mass is 10.1. The minimum absolute atomic E-state index is 0.296. The van der Waals surface area contributed by atoms with E-state index in [1.54, 1.807) is 25.3 Å². The summed E-state index contributed by atoms with van der Waals surface area (Å²) in [5, 5.41) is 13.9. The maximum Gasteiger partial charge on any atom is 0.328 e. The number of carboxylic acids is 1. The molecule has 1 aromatic rings. The van der Waals surface area contributed by atoms with Gasteiger partial charge in [-0.2, -0.15) is 0 Å². The second-order valence-electron chi connectivity index (χ2n) is 4.50. The standard InChI is InChI=1S/C12H17N3O3/c1-8(9-6-4-5-7-13-9)14-11(18)15-12(2,3)10(16)17/h4-8H,1-3H3,(H,16,17)(H2,14,15,18). The number of carbonyl (C=O) groups is 2. The number of amides is 2. The summed E-state index contributed by atoms with van der Waals surface area (Å²) in [4.78, 5) is 26.6. The van der Waals surface area contributed by atoms with Crippen molar-refractivity contribution in [3.63, 3.8) is 0 Å². The molecule has 0 fully saturated rings. The first-order valence-corrected chi connectivity index (χ1v) is 5.56. The molecule has 18 heavy (non-hydrogen) atoms. The Hall–Kier alpha value is -2.11. The fraction of sp³-hybridized carbons (Fsp3) is 0.417. The predicted molar refractivity (Wildman–Crippen MR) is 66.0 cm³/mol. The molecule has 1 atom stereocenters. The lowest BCUT2D eigenvalue weighted by molar-refractivity contribution is -0.142. The molecule has 3 N–H and O–H groups in total. The van der Waals surface area contributed by atoms with Crippen molar-refractivity contribution in [1.29, 1.82) is 0 Å². The Morgan fingerprint density at radius 1 is 1.39 bits per heavy atom. The Morgan fingerprint density at radius 3 is 2.56 bits per heavy atom. The molecule has 6 nitrogen and oxygen atoms in total. The third-order valence-corrected chi connectivity index (χ3v) is 2.44. The van der Waals surface area contributed by atoms with Crippen LogP contribution in [0.3, 0.4) is 0 Å². The van der Waals surface area contributed by atoms with E-state index in [1.165, 1.54) is 13.8 Å². The van der Waals surface area contributed by atoms with Crippen LogP contribution in [0.15, 0.2) is 24.4 Å². The molecular formula is C12H17N3O3. The van der Waals surface area contributed by atoms with E-state index in [2.05, 4.69) is 15.6 Å². The Morgan fingerprint density at radius 2 is 2.06 bits per heavy atom. The van der Waals surface area contributed by atoms with Gasteiger partial charge in [0.1, 0.15) is 5.54 Å². The average Bonchev–Trinajstić information content (AvgIpc) is 2.29. The first kappa shape index (κ1) is 14.0. The van der Waals surface area contributed by atoms with Crippen molar-refractivity contribution in [1.82, 2.24) is 15.6 Å². The Kier molecular flexibility index (Phi) is 4.25. The van der Waals surface area contributed by atoms with E-state index in [0.29, 0.717) is 5.69 Å². The maximum absolute atomic E-state index is 11.6. The normalized spacial score (nSPS) is 12.6. The summed E-state index contributed by atoms with van der Waals surface area (Å²) in [6.45, 7) is 4.61. The number of nitrogens with one attached hydrogen (secondary N) is 2. The number of hydrogen-bond acceptors (Lipinski definition) is 3. The van der Waals surface area contributed by atoms with E-state index in [-0.39, 0.29) is 6.04 Å². The van der Waals surface area contributed by atoms with Gasteiger partial charge in [0.25, 0.3) is 0 Å². The molecule has 1 heterocycles. The number of urea groups is 1. The Labute approximate surface area is 105 Å². The molecule has 0 radical (unpaired) electrons. The molecule has 6 heteroatoms. The van der Waals surface area contributed by atoms with Crippen LogP contribution in [-0.4, -0.2) is 27.6 Å². The van der Waals surface area contributed by atoms with Crippen LogP contribution >= 0.6 is 0 Å². The molecule has 0 saturated carbocycles. The van der Waals surface area contributed by atoms with Crippen molar-refractivity contribution in [2.45, 2.75) is 32.4 Å². The molecule has 1 rings (SSSR count). The van der Waals surface area contributed by atoms with Gasteiger partial charge in [-0.3, -0.25) is 4.98 Å². The molecule has 0 aliphatic carbocycles. The van der Waals surface area contributed by atoms with Gasteiger partial charge in [0, 0.05) is 6.20 Å². The fourth-order valence-electron chi connectivity index (χ4n) is 1.28. The number of aromatic nitrogens is 1. The molecule has 0 aliphatic rings. The van der Waals surface area contributed by atoms with Crippen molar-refractivity contribution in [3.05, 3.63) is 30.1 Å². The maximum atomic E-state index is 11.6. The number of rotatable bonds is 4. The van der Waals surface area contributed by atoms with Crippen LogP contribution in [0.1, 0.15) is 32.5 Å². The number of carboxylic acid groups (broad SMARTS) is 1. The molecule has 0 spiro atoms. The van der Waals surface area contributed by atoms with Crippen molar-refractivity contribution in [2.24, 2.45) is 0 Å². The lowest BCUT2D eigenvalue weighted by Crippen LogP contribution is -2.53. The summed E-state index contributed by atoms with van der Waals surface area (Å²) in [5.74, 6) is -1.09. The summed E-state index contributed by atoms with van der Waals surface area (Å²) in [5.41, 5.74) is -0.603. The number of carbonyl (C=O) groups excluding carboxylic acids is 1. The van der Waals surface area contributed by atoms with E-state index >= 15 is 0 Å². The molecule has 0 aliphatic heterocycles. The molecule has 0 aromatic carbocycles. The number of aliphatic carboxylic acids is 1. The summed E-state index contributed by atoms with van der Waals surface area (Å²) in [7, 11) is 0. The van der Waals surface area contributed by atoms with E-state index < -0.39 is 17.5 Å². The second-order valence-corrected chi connectivity index (χ2v) is 4.50. The molecule has 2 amide bonds. The highest BCUT2D eigenvalue weighted by Crippen LogP contribution is 2.08. The van der Waals surface area contributed by atoms with Crippen molar-refractivity contribution >= 4 is 12.0 Å². The van der Waals surface area contributed by atoms with Gasteiger partial charge in [-0.25, -0.2) is 9.59 Å². The largest absolute Gasteiger partial charge is 0.480 e. The van der Waals surface area contributed by atoms with Gasteiger partial charge in [0.2, 0.25) is 0 Å². The zero-order valence-corrected chi connectivity index (χ0v) is 10.6. The van der Waals surface area contributed by atoms with E-state index in [9.17, 15) is 9.59 Å². The molecule has 1 unspecified atom stereocenters. The highest BCUT2D eigenvalue weighted by molar-refractivity contribution is 5.85. The first-order chi connectivity index (χ1) is 8.33. The third-order valence-electron chi connectivity index (χ3n) is 2.44. The molecule has 1 aromatic heterocycles. The van der Waals surface area contributed by atoms with Crippen LogP contribution in [0.4, 0.5) is 4.79 Å². The van der Waals surface area contributed by atoms with Gasteiger partial charge in [0.15, 0.2) is 0 Å². The average molecular weight is 251 g/mol. The van der Waals surface area contributed by atoms with E-state index in [0.717, 1.165) is 0 Å².